The van der Waals surface area contributed by atoms with E-state index < -0.39 is 12.0 Å². The quantitative estimate of drug-likeness (QED) is 0.433. The average molecular weight is 195 g/mol. The number of carbonyl (C=O) groups excluding carboxylic acids is 2. The minimum Gasteiger partial charge on any atom is -0.398 e. The van der Waals surface area contributed by atoms with Gasteiger partial charge in [-0.1, -0.05) is 12.1 Å². The van der Waals surface area contributed by atoms with Crippen molar-refractivity contribution in [2.75, 3.05) is 5.73 Å². The Hall–Kier alpha value is -2.24. The number of para-hydroxylation sites is 1. The van der Waals surface area contributed by atoms with Gasteiger partial charge in [0.05, 0.1) is 5.56 Å². The lowest BCUT2D eigenvalue weighted by molar-refractivity contribution is 0.0336. The Morgan fingerprint density at radius 3 is 2.50 bits per heavy atom. The van der Waals surface area contributed by atoms with Crippen LogP contribution in [0.3, 0.4) is 0 Å². The highest BCUT2D eigenvalue weighted by Gasteiger charge is 2.10. The Kier molecular flexibility index (Phi) is 2.90. The van der Waals surface area contributed by atoms with Crippen molar-refractivity contribution < 1.29 is 14.4 Å². The summed E-state index contributed by atoms with van der Waals surface area (Å²) in [6.45, 7) is 0. The van der Waals surface area contributed by atoms with Crippen LogP contribution in [0.4, 0.5) is 10.5 Å². The number of anilines is 1. The molecule has 0 heterocycles. The van der Waals surface area contributed by atoms with Crippen LogP contribution < -0.4 is 16.9 Å². The summed E-state index contributed by atoms with van der Waals surface area (Å²) < 4.78 is 0. The molecule has 0 aromatic heterocycles. The third-order valence-corrected chi connectivity index (χ3v) is 1.43. The molecule has 1 aromatic rings. The molecule has 0 saturated heterocycles. The Balaban J connectivity index is 2.70. The first-order chi connectivity index (χ1) is 6.61. The second-order valence-electron chi connectivity index (χ2n) is 2.44. The van der Waals surface area contributed by atoms with Crippen LogP contribution in [0.5, 0.6) is 0 Å². The number of hydrogen-bond donors (Lipinski definition) is 3. The monoisotopic (exact) mass is 195 g/mol. The third kappa shape index (κ3) is 2.37. The molecule has 6 nitrogen and oxygen atoms in total. The standard InChI is InChI=1S/C8H9N3O3/c9-6-4-2-1-3-5(6)7(12)14-11-8(10)13/h1-4H,9H2,(H3,10,11,13). The van der Waals surface area contributed by atoms with Gasteiger partial charge in [0.1, 0.15) is 0 Å². The molecule has 0 atom stereocenters. The van der Waals surface area contributed by atoms with E-state index in [2.05, 4.69) is 4.84 Å². The van der Waals surface area contributed by atoms with E-state index in [1.54, 1.807) is 23.7 Å². The summed E-state index contributed by atoms with van der Waals surface area (Å²) in [6, 6.07) is 5.36. The molecule has 5 N–H and O–H groups in total. The topological polar surface area (TPSA) is 107 Å². The maximum atomic E-state index is 11.2. The average Bonchev–Trinajstić information content (AvgIpc) is 2.15. The molecule has 74 valence electrons. The molecule has 0 bridgehead atoms. The molecular weight excluding hydrogens is 186 g/mol. The van der Waals surface area contributed by atoms with Crippen molar-refractivity contribution in [1.82, 2.24) is 5.48 Å². The van der Waals surface area contributed by atoms with E-state index in [9.17, 15) is 9.59 Å². The SMILES string of the molecule is NC(=O)NOC(=O)c1ccccc1N. The number of urea groups is 1. The number of hydrogen-bond acceptors (Lipinski definition) is 4. The van der Waals surface area contributed by atoms with Crippen LogP contribution in [0, 0.1) is 0 Å². The molecule has 14 heavy (non-hydrogen) atoms. The van der Waals surface area contributed by atoms with Crippen LogP contribution in [0.1, 0.15) is 10.4 Å². The summed E-state index contributed by atoms with van der Waals surface area (Å²) >= 11 is 0. The van der Waals surface area contributed by atoms with Crippen LogP contribution in [0.25, 0.3) is 0 Å². The van der Waals surface area contributed by atoms with Gasteiger partial charge in [-0.25, -0.2) is 9.59 Å². The second kappa shape index (κ2) is 4.13. The molecule has 0 aliphatic heterocycles. The van der Waals surface area contributed by atoms with Crippen molar-refractivity contribution in [3.05, 3.63) is 29.8 Å². The normalized spacial score (nSPS) is 9.14. The molecule has 1 rings (SSSR count). The van der Waals surface area contributed by atoms with Gasteiger partial charge >= 0.3 is 12.0 Å². The maximum Gasteiger partial charge on any atom is 0.365 e. The summed E-state index contributed by atoms with van der Waals surface area (Å²) in [6.07, 6.45) is 0. The summed E-state index contributed by atoms with van der Waals surface area (Å²) in [5.41, 5.74) is 12.3. The lowest BCUT2D eigenvalue weighted by atomic mass is 10.2. The van der Waals surface area contributed by atoms with Crippen molar-refractivity contribution in [3.8, 4) is 0 Å². The molecule has 0 fully saturated rings. The minimum atomic E-state index is -0.951. The number of benzene rings is 1. The van der Waals surface area contributed by atoms with Gasteiger partial charge in [0.25, 0.3) is 0 Å². The van der Waals surface area contributed by atoms with Crippen molar-refractivity contribution in [2.45, 2.75) is 0 Å². The fraction of sp³-hybridized carbons (Fsp3) is 0. The third-order valence-electron chi connectivity index (χ3n) is 1.43. The lowest BCUT2D eigenvalue weighted by Crippen LogP contribution is -2.32. The highest BCUT2D eigenvalue weighted by atomic mass is 16.7. The van der Waals surface area contributed by atoms with Gasteiger partial charge in [-0.2, -0.15) is 5.48 Å². The van der Waals surface area contributed by atoms with E-state index in [1.807, 2.05) is 0 Å². The van der Waals surface area contributed by atoms with Gasteiger partial charge in [-0.15, -0.1) is 0 Å². The first kappa shape index (κ1) is 9.85. The van der Waals surface area contributed by atoms with Crippen LogP contribution in [-0.2, 0) is 4.84 Å². The number of nitrogen functional groups attached to an aromatic ring is 1. The fourth-order valence-corrected chi connectivity index (χ4v) is 0.835. The van der Waals surface area contributed by atoms with Crippen LogP contribution in [0.15, 0.2) is 24.3 Å². The zero-order valence-corrected chi connectivity index (χ0v) is 7.19. The van der Waals surface area contributed by atoms with E-state index >= 15 is 0 Å². The fourth-order valence-electron chi connectivity index (χ4n) is 0.835. The van der Waals surface area contributed by atoms with E-state index in [1.165, 1.54) is 6.07 Å². The Morgan fingerprint density at radius 1 is 1.29 bits per heavy atom. The molecule has 0 radical (unpaired) electrons. The van der Waals surface area contributed by atoms with E-state index in [4.69, 9.17) is 11.5 Å². The summed E-state index contributed by atoms with van der Waals surface area (Å²) in [5.74, 6) is -0.762. The van der Waals surface area contributed by atoms with Gasteiger partial charge in [0.2, 0.25) is 0 Å². The summed E-state index contributed by atoms with van der Waals surface area (Å²) in [5, 5.41) is 0. The number of amides is 2. The van der Waals surface area contributed by atoms with Crippen LogP contribution >= 0.6 is 0 Å². The molecule has 1 aromatic carbocycles. The number of rotatable bonds is 1. The molecule has 0 unspecified atom stereocenters. The zero-order valence-electron chi connectivity index (χ0n) is 7.19. The summed E-state index contributed by atoms with van der Waals surface area (Å²) in [4.78, 5) is 25.7. The first-order valence-corrected chi connectivity index (χ1v) is 3.72. The molecule has 0 aliphatic carbocycles. The molecule has 6 heteroatoms. The van der Waals surface area contributed by atoms with E-state index in [0.29, 0.717) is 0 Å². The van der Waals surface area contributed by atoms with Gasteiger partial charge in [-0.05, 0) is 12.1 Å². The molecule has 0 saturated carbocycles. The van der Waals surface area contributed by atoms with Crippen molar-refractivity contribution in [1.29, 1.82) is 0 Å². The summed E-state index contributed by atoms with van der Waals surface area (Å²) in [7, 11) is 0. The van der Waals surface area contributed by atoms with Gasteiger partial charge in [0.15, 0.2) is 0 Å². The van der Waals surface area contributed by atoms with Crippen LogP contribution in [-0.4, -0.2) is 12.0 Å². The molecule has 2 amide bonds. The number of carbonyl (C=O) groups is 2. The highest BCUT2D eigenvalue weighted by molar-refractivity contribution is 5.95. The Morgan fingerprint density at radius 2 is 1.93 bits per heavy atom. The number of nitrogens with two attached hydrogens (primary N) is 2. The highest BCUT2D eigenvalue weighted by Crippen LogP contribution is 2.10. The van der Waals surface area contributed by atoms with Gasteiger partial charge in [-0.3, -0.25) is 0 Å². The van der Waals surface area contributed by atoms with Crippen LogP contribution in [0.2, 0.25) is 0 Å². The first-order valence-electron chi connectivity index (χ1n) is 3.72. The number of primary amides is 1. The number of nitrogens with one attached hydrogen (secondary N) is 1. The zero-order chi connectivity index (χ0) is 10.6. The van der Waals surface area contributed by atoms with Crippen molar-refractivity contribution in [2.24, 2.45) is 5.73 Å². The smallest absolute Gasteiger partial charge is 0.365 e. The van der Waals surface area contributed by atoms with E-state index in [-0.39, 0.29) is 11.3 Å². The Labute approximate surface area is 79.8 Å². The predicted octanol–water partition coefficient (Wildman–Crippen LogP) is 0.00890. The van der Waals surface area contributed by atoms with E-state index in [0.717, 1.165) is 0 Å². The van der Waals surface area contributed by atoms with Crippen molar-refractivity contribution >= 4 is 17.7 Å². The molecule has 0 aliphatic rings. The lowest BCUT2D eigenvalue weighted by Gasteiger charge is -2.04. The predicted molar refractivity (Wildman–Crippen MR) is 49.0 cm³/mol. The maximum absolute atomic E-state index is 11.2. The van der Waals surface area contributed by atoms with Gasteiger partial charge < -0.3 is 16.3 Å². The second-order valence-corrected chi connectivity index (χ2v) is 2.44. The minimum absolute atomic E-state index is 0.168. The molecular formula is C8H9N3O3. The number of hydroxylamine groups is 1. The molecule has 0 spiro atoms. The van der Waals surface area contributed by atoms with Crippen molar-refractivity contribution in [3.63, 3.8) is 0 Å². The van der Waals surface area contributed by atoms with Gasteiger partial charge in [0, 0.05) is 5.69 Å². The largest absolute Gasteiger partial charge is 0.398 e. The Bertz CT molecular complexity index is 365.